The van der Waals surface area contributed by atoms with Gasteiger partial charge in [0.25, 0.3) is 0 Å². The van der Waals surface area contributed by atoms with E-state index in [0.717, 1.165) is 33.4 Å². The highest BCUT2D eigenvalue weighted by molar-refractivity contribution is 7.27. The molecule has 0 saturated carbocycles. The van der Waals surface area contributed by atoms with Crippen LogP contribution in [0.1, 0.15) is 0 Å². The smallest absolute Gasteiger partial charge is 0.138 e. The van der Waals surface area contributed by atoms with Gasteiger partial charge in [-0.1, -0.05) is 133 Å². The average Bonchev–Trinajstić information content (AvgIpc) is 3.93. The average molecular weight is 742 g/mol. The fourth-order valence-electron chi connectivity index (χ4n) is 9.62. The van der Waals surface area contributed by atoms with Crippen molar-refractivity contribution in [1.82, 2.24) is 14.1 Å². The van der Waals surface area contributed by atoms with Gasteiger partial charge in [-0.15, -0.1) is 11.3 Å². The van der Waals surface area contributed by atoms with Crippen molar-refractivity contribution in [3.05, 3.63) is 188 Å². The highest BCUT2D eigenvalue weighted by atomic mass is 32.1. The van der Waals surface area contributed by atoms with Crippen LogP contribution in [-0.4, -0.2) is 14.1 Å². The van der Waals surface area contributed by atoms with Crippen molar-refractivity contribution in [2.75, 3.05) is 0 Å². The Morgan fingerprint density at radius 3 is 1.81 bits per heavy atom. The van der Waals surface area contributed by atoms with E-state index >= 15 is 0 Å². The summed E-state index contributed by atoms with van der Waals surface area (Å²) >= 11 is 1.91. The standard InChI is InChI=1S/C53H31N3S/c1-3-13-32(14-4-1)40-30-49(54-43-22-12-11-21-38(40)43)56-45-27-25-39-51-37-20-10-8-16-34(37)24-28-48(51)57-53(39)52(45)42-29-41-46(31-47(42)56)55(35-17-5-2-6-18-35)44-26-23-33-15-7-9-19-36(33)50(41)44/h1-31H. The van der Waals surface area contributed by atoms with Crippen LogP contribution in [0.2, 0.25) is 0 Å². The second kappa shape index (κ2) is 11.6. The molecule has 3 nitrogen and oxygen atoms in total. The topological polar surface area (TPSA) is 22.8 Å². The van der Waals surface area contributed by atoms with Crippen LogP contribution in [0, 0.1) is 0 Å². The van der Waals surface area contributed by atoms with Gasteiger partial charge in [0.2, 0.25) is 0 Å². The molecule has 4 aromatic heterocycles. The maximum absolute atomic E-state index is 5.47. The lowest BCUT2D eigenvalue weighted by Crippen LogP contribution is -2.00. The van der Waals surface area contributed by atoms with E-state index in [4.69, 9.17) is 4.98 Å². The van der Waals surface area contributed by atoms with Crippen molar-refractivity contribution in [2.24, 2.45) is 0 Å². The van der Waals surface area contributed by atoms with Gasteiger partial charge in [0.1, 0.15) is 5.82 Å². The molecule has 0 fully saturated rings. The summed E-state index contributed by atoms with van der Waals surface area (Å²) in [4.78, 5) is 5.47. The summed E-state index contributed by atoms with van der Waals surface area (Å²) < 4.78 is 7.49. The fraction of sp³-hybridized carbons (Fsp3) is 0. The van der Waals surface area contributed by atoms with E-state index in [0.29, 0.717) is 0 Å². The lowest BCUT2D eigenvalue weighted by atomic mass is 10.0. The maximum Gasteiger partial charge on any atom is 0.138 e. The molecule has 0 radical (unpaired) electrons. The van der Waals surface area contributed by atoms with Gasteiger partial charge in [-0.3, -0.25) is 4.57 Å². The van der Waals surface area contributed by atoms with Crippen LogP contribution in [-0.2, 0) is 0 Å². The lowest BCUT2D eigenvalue weighted by Gasteiger charge is -2.13. The molecular weight excluding hydrogens is 711 g/mol. The van der Waals surface area contributed by atoms with Crippen LogP contribution in [0.25, 0.3) is 119 Å². The van der Waals surface area contributed by atoms with E-state index < -0.39 is 0 Å². The van der Waals surface area contributed by atoms with Gasteiger partial charge in [0, 0.05) is 52.8 Å². The molecule has 13 rings (SSSR count). The normalized spacial score (nSPS) is 12.2. The first-order valence-electron chi connectivity index (χ1n) is 19.5. The third kappa shape index (κ3) is 4.33. The van der Waals surface area contributed by atoms with Crippen molar-refractivity contribution in [3.8, 4) is 22.6 Å². The Hall–Kier alpha value is -7.27. The monoisotopic (exact) mass is 741 g/mol. The van der Waals surface area contributed by atoms with E-state index in [2.05, 4.69) is 197 Å². The minimum absolute atomic E-state index is 0.908. The predicted octanol–water partition coefficient (Wildman–Crippen LogP) is 14.8. The predicted molar refractivity (Wildman–Crippen MR) is 244 cm³/mol. The van der Waals surface area contributed by atoms with Crippen LogP contribution >= 0.6 is 11.3 Å². The molecule has 0 aliphatic heterocycles. The number of para-hydroxylation sites is 2. The van der Waals surface area contributed by atoms with Gasteiger partial charge in [-0.25, -0.2) is 4.98 Å². The van der Waals surface area contributed by atoms with Crippen LogP contribution in [0.5, 0.6) is 0 Å². The number of benzene rings is 9. The number of fused-ring (bicyclic) bond motifs is 15. The molecule has 0 N–H and O–H groups in total. The van der Waals surface area contributed by atoms with Gasteiger partial charge < -0.3 is 4.57 Å². The molecule has 0 aliphatic carbocycles. The van der Waals surface area contributed by atoms with Crippen LogP contribution in [0.4, 0.5) is 0 Å². The van der Waals surface area contributed by atoms with Crippen molar-refractivity contribution in [1.29, 1.82) is 0 Å². The summed E-state index contributed by atoms with van der Waals surface area (Å²) in [6.45, 7) is 0. The molecule has 0 atom stereocenters. The molecular formula is C53H31N3S. The quantitative estimate of drug-likeness (QED) is 0.177. The molecule has 264 valence electrons. The first kappa shape index (κ1) is 31.0. The molecule has 4 heterocycles. The van der Waals surface area contributed by atoms with E-state index in [1.807, 2.05) is 11.3 Å². The Labute approximate surface area is 330 Å². The van der Waals surface area contributed by atoms with Crippen molar-refractivity contribution >= 4 is 108 Å². The third-order valence-corrected chi connectivity index (χ3v) is 13.3. The first-order chi connectivity index (χ1) is 28.3. The largest absolute Gasteiger partial charge is 0.309 e. The zero-order valence-electron chi connectivity index (χ0n) is 30.6. The van der Waals surface area contributed by atoms with Crippen molar-refractivity contribution < 1.29 is 0 Å². The van der Waals surface area contributed by atoms with Crippen LogP contribution in [0.3, 0.4) is 0 Å². The number of pyridine rings is 1. The van der Waals surface area contributed by atoms with Crippen LogP contribution < -0.4 is 0 Å². The number of aromatic nitrogens is 3. The Kier molecular flexibility index (Phi) is 6.32. The fourth-order valence-corrected chi connectivity index (χ4v) is 10.9. The van der Waals surface area contributed by atoms with Gasteiger partial charge in [-0.2, -0.15) is 0 Å². The first-order valence-corrected chi connectivity index (χ1v) is 20.3. The number of hydrogen-bond donors (Lipinski definition) is 0. The van der Waals surface area contributed by atoms with E-state index in [1.165, 1.54) is 85.4 Å². The Balaban J connectivity index is 1.25. The third-order valence-electron chi connectivity index (χ3n) is 12.1. The highest BCUT2D eigenvalue weighted by Gasteiger charge is 2.23. The van der Waals surface area contributed by atoms with Crippen molar-refractivity contribution in [3.63, 3.8) is 0 Å². The Morgan fingerprint density at radius 1 is 0.386 bits per heavy atom. The summed E-state index contributed by atoms with van der Waals surface area (Å²) in [6.07, 6.45) is 0. The number of rotatable bonds is 3. The van der Waals surface area contributed by atoms with Gasteiger partial charge in [-0.05, 0) is 87.3 Å². The summed E-state index contributed by atoms with van der Waals surface area (Å²) in [7, 11) is 0. The number of hydrogen-bond acceptors (Lipinski definition) is 2. The molecule has 4 heteroatoms. The second-order valence-corrected chi connectivity index (χ2v) is 16.1. The summed E-state index contributed by atoms with van der Waals surface area (Å²) in [5.74, 6) is 0.908. The Bertz CT molecular complexity index is 3800. The van der Waals surface area contributed by atoms with Gasteiger partial charge in [0.15, 0.2) is 0 Å². The molecule has 0 saturated heterocycles. The molecule has 0 bridgehead atoms. The zero-order chi connectivity index (χ0) is 37.2. The lowest BCUT2D eigenvalue weighted by molar-refractivity contribution is 1.10. The van der Waals surface area contributed by atoms with Crippen molar-refractivity contribution in [2.45, 2.75) is 0 Å². The Morgan fingerprint density at radius 2 is 1.00 bits per heavy atom. The van der Waals surface area contributed by atoms with E-state index in [9.17, 15) is 0 Å². The van der Waals surface area contributed by atoms with E-state index in [-0.39, 0.29) is 0 Å². The molecule has 0 unspecified atom stereocenters. The molecule has 0 amide bonds. The highest BCUT2D eigenvalue weighted by Crippen LogP contribution is 2.48. The van der Waals surface area contributed by atoms with Crippen LogP contribution in [0.15, 0.2) is 188 Å². The molecule has 0 aliphatic rings. The van der Waals surface area contributed by atoms with E-state index in [1.54, 1.807) is 0 Å². The molecule has 9 aromatic carbocycles. The number of thiophene rings is 1. The van der Waals surface area contributed by atoms with Gasteiger partial charge >= 0.3 is 0 Å². The summed E-state index contributed by atoms with van der Waals surface area (Å²) in [5.41, 5.74) is 9.13. The molecule has 13 aromatic rings. The molecule has 0 spiro atoms. The zero-order valence-corrected chi connectivity index (χ0v) is 31.5. The van der Waals surface area contributed by atoms with Gasteiger partial charge in [0.05, 0.1) is 27.6 Å². The summed E-state index contributed by atoms with van der Waals surface area (Å²) in [6, 6.07) is 68.7. The maximum atomic E-state index is 5.47. The SMILES string of the molecule is c1ccc(-c2cc(-n3c4cc5c(cc4c4c6sc7ccc8ccccc8c7c6ccc43)c3c4ccccc4ccc3n5-c3ccccc3)nc3ccccc23)cc1. The second-order valence-electron chi connectivity index (χ2n) is 15.1. The molecule has 57 heavy (non-hydrogen) atoms. The minimum atomic E-state index is 0.908. The number of nitrogens with zero attached hydrogens (tertiary/aromatic N) is 3. The summed E-state index contributed by atoms with van der Waals surface area (Å²) in [5, 5.41) is 13.9. The minimum Gasteiger partial charge on any atom is -0.309 e.